The molecule has 8 heteroatoms. The minimum Gasteiger partial charge on any atom is -0.335 e. The second-order valence-corrected chi connectivity index (χ2v) is 9.63. The number of fused-ring (bicyclic) bond motifs is 1. The maximum absolute atomic E-state index is 12.5. The van der Waals surface area contributed by atoms with Crippen LogP contribution in [0.1, 0.15) is 55.3 Å². The van der Waals surface area contributed by atoms with Gasteiger partial charge in [0, 0.05) is 16.3 Å². The Bertz CT molecular complexity index is 859. The molecule has 3 rings (SSSR count). The molecular weight excluding hydrogens is 380 g/mol. The molecule has 1 fully saturated rings. The van der Waals surface area contributed by atoms with Gasteiger partial charge in [0.25, 0.3) is 0 Å². The fourth-order valence-electron chi connectivity index (χ4n) is 3.30. The quantitative estimate of drug-likeness (QED) is 0.586. The lowest BCUT2D eigenvalue weighted by Gasteiger charge is -2.23. The molecule has 2 aromatic rings. The fourth-order valence-corrected chi connectivity index (χ4v) is 5.50. The van der Waals surface area contributed by atoms with Gasteiger partial charge in [-0.3, -0.25) is 10.1 Å². The van der Waals surface area contributed by atoms with E-state index in [1.807, 2.05) is 6.92 Å². The molecule has 0 aliphatic heterocycles. The number of hydrogen-bond donors (Lipinski definition) is 2. The molecule has 146 valence electrons. The maximum Gasteiger partial charge on any atom is 0.321 e. The molecule has 1 unspecified atom stereocenters. The van der Waals surface area contributed by atoms with Crippen LogP contribution in [-0.2, 0) is 4.79 Å². The zero-order valence-electron chi connectivity index (χ0n) is 16.2. The van der Waals surface area contributed by atoms with Gasteiger partial charge >= 0.3 is 6.03 Å². The van der Waals surface area contributed by atoms with Gasteiger partial charge in [-0.05, 0) is 46.1 Å². The fraction of sp³-hybridized carbons (Fsp3) is 0.579. The van der Waals surface area contributed by atoms with Crippen molar-refractivity contribution < 1.29 is 9.59 Å². The summed E-state index contributed by atoms with van der Waals surface area (Å²) < 4.78 is 0. The van der Waals surface area contributed by atoms with E-state index in [4.69, 9.17) is 0 Å². The average Bonchev–Trinajstić information content (AvgIpc) is 2.89. The van der Waals surface area contributed by atoms with Crippen molar-refractivity contribution in [3.8, 4) is 0 Å². The van der Waals surface area contributed by atoms with Crippen LogP contribution in [0.3, 0.4) is 0 Å². The molecule has 0 radical (unpaired) electrons. The van der Waals surface area contributed by atoms with Crippen molar-refractivity contribution in [2.45, 2.75) is 76.1 Å². The van der Waals surface area contributed by atoms with Crippen molar-refractivity contribution in [1.29, 1.82) is 0 Å². The molecule has 0 bridgehead atoms. The third-order valence-electron chi connectivity index (χ3n) is 4.94. The summed E-state index contributed by atoms with van der Waals surface area (Å²) in [5, 5.41) is 6.78. The van der Waals surface area contributed by atoms with Gasteiger partial charge in [-0.1, -0.05) is 31.0 Å². The van der Waals surface area contributed by atoms with Crippen LogP contribution in [0.25, 0.3) is 10.2 Å². The van der Waals surface area contributed by atoms with Crippen molar-refractivity contribution in [2.24, 2.45) is 0 Å². The van der Waals surface area contributed by atoms with E-state index >= 15 is 0 Å². The van der Waals surface area contributed by atoms with E-state index in [9.17, 15) is 9.59 Å². The lowest BCUT2D eigenvalue weighted by molar-refractivity contribution is -0.119. The summed E-state index contributed by atoms with van der Waals surface area (Å²) >= 11 is 3.02. The summed E-state index contributed by atoms with van der Waals surface area (Å²) in [6, 6.07) is -0.221. The molecule has 1 atom stereocenters. The van der Waals surface area contributed by atoms with Gasteiger partial charge in [0.1, 0.15) is 15.7 Å². The van der Waals surface area contributed by atoms with Crippen molar-refractivity contribution in [1.82, 2.24) is 20.6 Å². The van der Waals surface area contributed by atoms with E-state index in [-0.39, 0.29) is 11.9 Å². The normalized spacial score (nSPS) is 16.3. The van der Waals surface area contributed by atoms with Gasteiger partial charge in [0.05, 0.1) is 5.25 Å². The summed E-state index contributed by atoms with van der Waals surface area (Å²) in [7, 11) is 0. The first kappa shape index (κ1) is 20.1. The molecule has 27 heavy (non-hydrogen) atoms. The number of thiophene rings is 1. The van der Waals surface area contributed by atoms with Crippen LogP contribution in [0.5, 0.6) is 0 Å². The largest absolute Gasteiger partial charge is 0.335 e. The molecular formula is C19H26N4O2S2. The first-order valence-corrected chi connectivity index (χ1v) is 11.1. The van der Waals surface area contributed by atoms with Crippen molar-refractivity contribution >= 4 is 45.3 Å². The second-order valence-electron chi connectivity index (χ2n) is 7.10. The number of nitrogens with one attached hydrogen (secondary N) is 2. The number of carbonyl (C=O) groups excluding carboxylic acids is 2. The Labute approximate surface area is 167 Å². The predicted octanol–water partition coefficient (Wildman–Crippen LogP) is 4.26. The topological polar surface area (TPSA) is 84.0 Å². The molecule has 0 saturated heterocycles. The zero-order chi connectivity index (χ0) is 19.6. The highest BCUT2D eigenvalue weighted by atomic mass is 32.2. The van der Waals surface area contributed by atoms with Crippen molar-refractivity contribution in [3.63, 3.8) is 0 Å². The minimum atomic E-state index is -0.431. The first-order chi connectivity index (χ1) is 12.8. The third-order valence-corrected chi connectivity index (χ3v) is 7.13. The summed E-state index contributed by atoms with van der Waals surface area (Å²) in [4.78, 5) is 35.8. The number of aromatic nitrogens is 2. The smallest absolute Gasteiger partial charge is 0.321 e. The van der Waals surface area contributed by atoms with Crippen LogP contribution >= 0.6 is 23.1 Å². The summed E-state index contributed by atoms with van der Waals surface area (Å²) in [5.74, 6) is 0.385. The lowest BCUT2D eigenvalue weighted by Crippen LogP contribution is -2.47. The van der Waals surface area contributed by atoms with Gasteiger partial charge < -0.3 is 5.32 Å². The highest BCUT2D eigenvalue weighted by Gasteiger charge is 2.23. The average molecular weight is 407 g/mol. The van der Waals surface area contributed by atoms with Crippen LogP contribution < -0.4 is 10.6 Å². The third kappa shape index (κ3) is 4.79. The van der Waals surface area contributed by atoms with E-state index in [1.54, 1.807) is 18.3 Å². The van der Waals surface area contributed by atoms with E-state index < -0.39 is 11.3 Å². The number of urea groups is 1. The van der Waals surface area contributed by atoms with Crippen LogP contribution in [0.2, 0.25) is 0 Å². The van der Waals surface area contributed by atoms with Crippen molar-refractivity contribution in [2.75, 3.05) is 0 Å². The van der Waals surface area contributed by atoms with Gasteiger partial charge in [-0.2, -0.15) is 0 Å². The van der Waals surface area contributed by atoms with Crippen LogP contribution in [0.4, 0.5) is 4.79 Å². The van der Waals surface area contributed by atoms with Crippen LogP contribution in [-0.4, -0.2) is 33.2 Å². The first-order valence-electron chi connectivity index (χ1n) is 9.37. The number of carbonyl (C=O) groups is 2. The van der Waals surface area contributed by atoms with E-state index in [1.165, 1.54) is 23.1 Å². The van der Waals surface area contributed by atoms with E-state index in [2.05, 4.69) is 34.4 Å². The number of hydrogen-bond acceptors (Lipinski definition) is 6. The molecule has 1 aliphatic carbocycles. The second kappa shape index (κ2) is 8.56. The van der Waals surface area contributed by atoms with Crippen LogP contribution in [0, 0.1) is 20.8 Å². The predicted molar refractivity (Wildman–Crippen MR) is 110 cm³/mol. The summed E-state index contributed by atoms with van der Waals surface area (Å²) in [5.41, 5.74) is 1.15. The number of imide groups is 1. The number of thioether (sulfide) groups is 1. The lowest BCUT2D eigenvalue weighted by atomic mass is 9.96. The Morgan fingerprint density at radius 3 is 2.56 bits per heavy atom. The number of nitrogens with zero attached hydrogens (tertiary/aromatic N) is 2. The monoisotopic (exact) mass is 406 g/mol. The van der Waals surface area contributed by atoms with Gasteiger partial charge in [-0.25, -0.2) is 14.8 Å². The highest BCUT2D eigenvalue weighted by molar-refractivity contribution is 8.00. The molecule has 1 saturated carbocycles. The molecule has 3 amide bonds. The highest BCUT2D eigenvalue weighted by Crippen LogP contribution is 2.36. The number of amides is 3. The summed E-state index contributed by atoms with van der Waals surface area (Å²) in [6.07, 6.45) is 5.46. The minimum absolute atomic E-state index is 0.176. The number of aryl methyl sites for hydroxylation is 3. The molecule has 1 aliphatic rings. The molecule has 2 heterocycles. The Kier molecular flexibility index (Phi) is 6.37. The Hall–Kier alpha value is -1.67. The SMILES string of the molecule is Cc1nc(SC(C)C(=O)NC(=O)NC2CCCCC2)c2c(C)c(C)sc2n1. The summed E-state index contributed by atoms with van der Waals surface area (Å²) in [6.45, 7) is 7.78. The Morgan fingerprint density at radius 2 is 1.85 bits per heavy atom. The molecule has 0 aromatic carbocycles. The maximum atomic E-state index is 12.5. The molecule has 2 aromatic heterocycles. The zero-order valence-corrected chi connectivity index (χ0v) is 17.9. The van der Waals surface area contributed by atoms with E-state index in [0.29, 0.717) is 5.82 Å². The van der Waals surface area contributed by atoms with Crippen molar-refractivity contribution in [3.05, 3.63) is 16.3 Å². The number of rotatable bonds is 4. The molecule has 6 nitrogen and oxygen atoms in total. The van der Waals surface area contributed by atoms with Crippen LogP contribution in [0.15, 0.2) is 5.03 Å². The van der Waals surface area contributed by atoms with E-state index in [0.717, 1.165) is 46.5 Å². The standard InChI is InChI=1S/C19H26N4O2S2/c1-10-11(2)26-17-15(10)18(21-13(4)20-17)27-12(3)16(24)23-19(25)22-14-8-6-5-7-9-14/h12,14H,5-9H2,1-4H3,(H2,22,23,24,25). The van der Waals surface area contributed by atoms with Gasteiger partial charge in [0.2, 0.25) is 5.91 Å². The van der Waals surface area contributed by atoms with Gasteiger partial charge in [-0.15, -0.1) is 11.3 Å². The molecule has 2 N–H and O–H groups in total. The Balaban J connectivity index is 1.66. The molecule has 0 spiro atoms. The van der Waals surface area contributed by atoms with Gasteiger partial charge in [0.15, 0.2) is 0 Å². The Morgan fingerprint density at radius 1 is 1.15 bits per heavy atom.